The van der Waals surface area contributed by atoms with Crippen LogP contribution < -0.4 is 4.74 Å². The number of para-hydroxylation sites is 1. The summed E-state index contributed by atoms with van der Waals surface area (Å²) in [6.45, 7) is 6.30. The molecule has 0 saturated carbocycles. The molecule has 9 heteroatoms. The molecule has 0 bridgehead atoms. The van der Waals surface area contributed by atoms with Gasteiger partial charge in [-0.05, 0) is 55.9 Å². The third kappa shape index (κ3) is 5.61. The van der Waals surface area contributed by atoms with Gasteiger partial charge in [-0.2, -0.15) is 0 Å². The number of amides is 1. The van der Waals surface area contributed by atoms with Gasteiger partial charge in [0.05, 0.1) is 0 Å². The second-order valence-electron chi connectivity index (χ2n) is 8.54. The van der Waals surface area contributed by atoms with Gasteiger partial charge in [-0.25, -0.2) is 18.8 Å². The van der Waals surface area contributed by atoms with E-state index in [4.69, 9.17) is 9.59 Å². The lowest BCUT2D eigenvalue weighted by Crippen LogP contribution is -2.46. The SMILES string of the molecule is O=C(/N=N\N=P(N1CCCCC1)(N1CCCCC1)N1CCCCC1)Oc1ccccc1. The van der Waals surface area contributed by atoms with Gasteiger partial charge < -0.3 is 4.74 Å². The Balaban J connectivity index is 1.64. The fourth-order valence-corrected chi connectivity index (χ4v) is 8.88. The Morgan fingerprint density at radius 2 is 1.16 bits per heavy atom. The Bertz CT molecular complexity index is 732. The molecule has 3 fully saturated rings. The highest BCUT2D eigenvalue weighted by molar-refractivity contribution is 7.59. The highest BCUT2D eigenvalue weighted by Gasteiger charge is 2.42. The summed E-state index contributed by atoms with van der Waals surface area (Å²) in [6, 6.07) is 8.99. The molecule has 1 aromatic carbocycles. The monoisotopic (exact) mass is 446 g/mol. The van der Waals surface area contributed by atoms with Crippen LogP contribution in [0.3, 0.4) is 0 Å². The molecule has 3 saturated heterocycles. The molecule has 8 nitrogen and oxygen atoms in total. The highest BCUT2D eigenvalue weighted by Crippen LogP contribution is 2.62. The summed E-state index contributed by atoms with van der Waals surface area (Å²) < 4.78 is 13.1. The normalized spacial score (nSPS) is 22.5. The molecule has 0 spiro atoms. The van der Waals surface area contributed by atoms with Gasteiger partial charge >= 0.3 is 6.09 Å². The molecule has 0 unspecified atom stereocenters. The summed E-state index contributed by atoms with van der Waals surface area (Å²) in [7, 11) is -2.20. The molecule has 0 atom stereocenters. The maximum absolute atomic E-state index is 12.3. The zero-order chi connectivity index (χ0) is 21.4. The van der Waals surface area contributed by atoms with Crippen LogP contribution >= 0.6 is 7.51 Å². The van der Waals surface area contributed by atoms with Crippen LogP contribution in [0.4, 0.5) is 4.79 Å². The van der Waals surface area contributed by atoms with E-state index < -0.39 is 13.6 Å². The zero-order valence-electron chi connectivity index (χ0n) is 18.4. The smallest absolute Gasteiger partial charge is 0.408 e. The summed E-state index contributed by atoms with van der Waals surface area (Å²) >= 11 is 0. The minimum atomic E-state index is -2.20. The zero-order valence-corrected chi connectivity index (χ0v) is 19.3. The topological polar surface area (TPSA) is 73.1 Å². The fourth-order valence-electron chi connectivity index (χ4n) is 4.86. The third-order valence-corrected chi connectivity index (χ3v) is 10.2. The van der Waals surface area contributed by atoms with Gasteiger partial charge in [0.15, 0.2) is 7.51 Å². The van der Waals surface area contributed by atoms with Gasteiger partial charge in [0, 0.05) is 39.3 Å². The lowest BCUT2D eigenvalue weighted by atomic mass is 10.2. The van der Waals surface area contributed by atoms with Crippen molar-refractivity contribution < 1.29 is 9.53 Å². The van der Waals surface area contributed by atoms with E-state index in [1.165, 1.54) is 57.8 Å². The molecule has 31 heavy (non-hydrogen) atoms. The van der Waals surface area contributed by atoms with Crippen molar-refractivity contribution in [2.24, 2.45) is 15.2 Å². The molecule has 170 valence electrons. The standard InChI is InChI=1S/C22H35N6O2P/c29-22(30-21-13-5-1-6-14-21)23-24-25-31(26-15-7-2-8-16-26,27-17-9-3-10-18-27)28-19-11-4-12-20-28/h1,5-6,13-14H,2-4,7-12,15-20H2/b24-23-. The molecular formula is C22H35N6O2P. The van der Waals surface area contributed by atoms with Crippen LogP contribution in [-0.4, -0.2) is 59.4 Å². The first kappa shape index (κ1) is 22.6. The molecule has 0 radical (unpaired) electrons. The van der Waals surface area contributed by atoms with Gasteiger partial charge in [-0.15, -0.1) is 4.85 Å². The summed E-state index contributed by atoms with van der Waals surface area (Å²) in [6.07, 6.45) is 10.3. The Labute approximate surface area is 185 Å². The number of rotatable bonds is 5. The fraction of sp³-hybridized carbons (Fsp3) is 0.682. The molecule has 1 aromatic rings. The number of benzene rings is 1. The summed E-state index contributed by atoms with van der Waals surface area (Å²) in [4.78, 5) is 17.2. The van der Waals surface area contributed by atoms with E-state index in [-0.39, 0.29) is 0 Å². The van der Waals surface area contributed by atoms with Gasteiger partial charge in [-0.3, -0.25) is 0 Å². The van der Waals surface area contributed by atoms with Crippen molar-refractivity contribution in [2.75, 3.05) is 39.3 Å². The van der Waals surface area contributed by atoms with E-state index in [1.807, 2.05) is 18.2 Å². The maximum atomic E-state index is 12.3. The van der Waals surface area contributed by atoms with Crippen LogP contribution in [0, 0.1) is 0 Å². The van der Waals surface area contributed by atoms with Crippen LogP contribution in [0.2, 0.25) is 0 Å². The van der Waals surface area contributed by atoms with Gasteiger partial charge in [0.1, 0.15) is 5.75 Å². The van der Waals surface area contributed by atoms with Crippen molar-refractivity contribution in [1.29, 1.82) is 0 Å². The summed E-state index contributed by atoms with van der Waals surface area (Å²) in [5.41, 5.74) is 0. The minimum Gasteiger partial charge on any atom is -0.408 e. The minimum absolute atomic E-state index is 0.468. The van der Waals surface area contributed by atoms with Gasteiger partial charge in [-0.1, -0.05) is 42.6 Å². The average Bonchev–Trinajstić information content (AvgIpc) is 2.84. The van der Waals surface area contributed by atoms with E-state index in [2.05, 4.69) is 24.3 Å². The molecule has 3 aliphatic rings. The third-order valence-electron chi connectivity index (χ3n) is 6.37. The van der Waals surface area contributed by atoms with E-state index in [0.29, 0.717) is 5.75 Å². The van der Waals surface area contributed by atoms with E-state index in [9.17, 15) is 4.79 Å². The van der Waals surface area contributed by atoms with Crippen molar-refractivity contribution >= 4 is 13.6 Å². The van der Waals surface area contributed by atoms with Crippen molar-refractivity contribution in [3.05, 3.63) is 30.3 Å². The number of carbonyl (C=O) groups is 1. The summed E-state index contributed by atoms with van der Waals surface area (Å²) in [5, 5.41) is 8.00. The van der Waals surface area contributed by atoms with Crippen LogP contribution in [0.25, 0.3) is 0 Å². The number of nitrogens with zero attached hydrogens (tertiary/aromatic N) is 6. The predicted molar refractivity (Wildman–Crippen MR) is 123 cm³/mol. The van der Waals surface area contributed by atoms with Crippen LogP contribution in [-0.2, 0) is 0 Å². The largest absolute Gasteiger partial charge is 0.459 e. The lowest BCUT2D eigenvalue weighted by molar-refractivity contribution is 0.209. The molecule has 0 N–H and O–H groups in total. The first-order valence-electron chi connectivity index (χ1n) is 11.8. The number of carbonyl (C=O) groups excluding carboxylic acids is 1. The molecule has 3 aliphatic heterocycles. The summed E-state index contributed by atoms with van der Waals surface area (Å²) in [5.74, 6) is 0.468. The first-order valence-corrected chi connectivity index (χ1v) is 13.4. The van der Waals surface area contributed by atoms with Crippen molar-refractivity contribution in [1.82, 2.24) is 14.0 Å². The maximum Gasteiger partial charge on any atom is 0.459 e. The Kier molecular flexibility index (Phi) is 8.25. The second kappa shape index (κ2) is 11.3. The van der Waals surface area contributed by atoms with Crippen molar-refractivity contribution in [3.8, 4) is 5.75 Å². The Hall–Kier alpha value is -1.60. The van der Waals surface area contributed by atoms with Crippen molar-refractivity contribution in [2.45, 2.75) is 57.8 Å². The second-order valence-corrected chi connectivity index (χ2v) is 11.5. The van der Waals surface area contributed by atoms with Gasteiger partial charge in [0.25, 0.3) is 0 Å². The Morgan fingerprint density at radius 1 is 0.710 bits per heavy atom. The van der Waals surface area contributed by atoms with Crippen molar-refractivity contribution in [3.63, 3.8) is 0 Å². The van der Waals surface area contributed by atoms with Crippen LogP contribution in [0.1, 0.15) is 57.8 Å². The molecule has 0 aliphatic carbocycles. The molecule has 3 heterocycles. The highest BCUT2D eigenvalue weighted by atomic mass is 31.2. The van der Waals surface area contributed by atoms with Crippen LogP contribution in [0.5, 0.6) is 5.75 Å². The van der Waals surface area contributed by atoms with E-state index in [0.717, 1.165) is 39.3 Å². The number of hydrogen-bond donors (Lipinski definition) is 0. The average molecular weight is 447 g/mol. The molecule has 4 rings (SSSR count). The number of piperidine rings is 3. The lowest BCUT2D eigenvalue weighted by Gasteiger charge is -2.51. The number of hydrogen-bond acceptors (Lipinski definition) is 2. The van der Waals surface area contributed by atoms with Crippen LogP contribution in [0.15, 0.2) is 45.5 Å². The molecular weight excluding hydrogens is 411 g/mol. The quantitative estimate of drug-likeness (QED) is 0.317. The van der Waals surface area contributed by atoms with Gasteiger partial charge in [0.2, 0.25) is 0 Å². The Morgan fingerprint density at radius 3 is 1.61 bits per heavy atom. The van der Waals surface area contributed by atoms with E-state index in [1.54, 1.807) is 12.1 Å². The first-order chi connectivity index (χ1) is 15.3. The predicted octanol–water partition coefficient (Wildman–Crippen LogP) is 5.96. The molecule has 1 amide bonds. The molecule has 0 aromatic heterocycles. The number of ether oxygens (including phenoxy) is 1. The van der Waals surface area contributed by atoms with E-state index >= 15 is 0 Å².